The summed E-state index contributed by atoms with van der Waals surface area (Å²) in [6.45, 7) is 8.93. The highest BCUT2D eigenvalue weighted by Gasteiger charge is 2.12. The van der Waals surface area contributed by atoms with E-state index in [0.717, 1.165) is 0 Å². The van der Waals surface area contributed by atoms with Crippen LogP contribution in [0.5, 0.6) is 0 Å². The molecule has 15 heavy (non-hydrogen) atoms. The molecule has 2 heterocycles. The molecular formula is C13H17NS. The Hall–Kier alpha value is -0.890. The first-order valence-corrected chi connectivity index (χ1v) is 6.35. The maximum Gasteiger partial charge on any atom is 0.0847 e. The summed E-state index contributed by atoms with van der Waals surface area (Å²) in [5.41, 5.74) is 4.02. The van der Waals surface area contributed by atoms with Gasteiger partial charge in [-0.15, -0.1) is 11.3 Å². The van der Waals surface area contributed by atoms with Gasteiger partial charge in [-0.05, 0) is 34.4 Å². The van der Waals surface area contributed by atoms with Gasteiger partial charge in [-0.2, -0.15) is 0 Å². The molecule has 0 amide bonds. The first-order chi connectivity index (χ1) is 7.11. The fraction of sp³-hybridized carbons (Fsp3) is 0.462. The van der Waals surface area contributed by atoms with Gasteiger partial charge in [-0.25, -0.2) is 0 Å². The predicted octanol–water partition coefficient (Wildman–Crippen LogP) is 4.54. The Morgan fingerprint density at radius 2 is 1.73 bits per heavy atom. The van der Waals surface area contributed by atoms with Gasteiger partial charge in [0.05, 0.1) is 10.2 Å². The van der Waals surface area contributed by atoms with Gasteiger partial charge >= 0.3 is 0 Å². The topological polar surface area (TPSA) is 12.9 Å². The highest BCUT2D eigenvalue weighted by atomic mass is 32.1. The molecule has 0 fully saturated rings. The smallest absolute Gasteiger partial charge is 0.0847 e. The molecule has 2 rings (SSSR count). The van der Waals surface area contributed by atoms with Crippen LogP contribution in [-0.2, 0) is 0 Å². The van der Waals surface area contributed by atoms with Crippen molar-refractivity contribution in [2.24, 2.45) is 0 Å². The maximum atomic E-state index is 4.52. The molecule has 0 unspecified atom stereocenters. The molecule has 0 saturated heterocycles. The molecule has 2 heteroatoms. The van der Waals surface area contributed by atoms with Crippen molar-refractivity contribution in [2.75, 3.05) is 0 Å². The molecule has 2 aromatic rings. The van der Waals surface area contributed by atoms with Gasteiger partial charge in [-0.3, -0.25) is 4.98 Å². The standard InChI is InChI=1S/C13H17NS/c1-8(2)10-5-6-14-12-11(9(3)4)7-15-13(10)12/h5-9H,1-4H3. The van der Waals surface area contributed by atoms with Crippen LogP contribution in [0, 0.1) is 0 Å². The van der Waals surface area contributed by atoms with Crippen LogP contribution in [-0.4, -0.2) is 4.98 Å². The lowest BCUT2D eigenvalue weighted by Gasteiger charge is -2.07. The van der Waals surface area contributed by atoms with Crippen molar-refractivity contribution in [1.29, 1.82) is 0 Å². The molecule has 0 aromatic carbocycles. The van der Waals surface area contributed by atoms with Crippen molar-refractivity contribution in [3.05, 3.63) is 28.8 Å². The number of hydrogen-bond donors (Lipinski definition) is 0. The monoisotopic (exact) mass is 219 g/mol. The van der Waals surface area contributed by atoms with Gasteiger partial charge in [0.15, 0.2) is 0 Å². The molecular weight excluding hydrogens is 202 g/mol. The third kappa shape index (κ3) is 1.78. The van der Waals surface area contributed by atoms with E-state index in [1.165, 1.54) is 21.3 Å². The molecule has 0 spiro atoms. The maximum absolute atomic E-state index is 4.52. The molecule has 0 bridgehead atoms. The Morgan fingerprint density at radius 1 is 1.07 bits per heavy atom. The number of hydrogen-bond acceptors (Lipinski definition) is 2. The fourth-order valence-electron chi connectivity index (χ4n) is 1.84. The van der Waals surface area contributed by atoms with Gasteiger partial charge in [0.1, 0.15) is 0 Å². The fourth-order valence-corrected chi connectivity index (χ4v) is 3.19. The zero-order valence-corrected chi connectivity index (χ0v) is 10.6. The van der Waals surface area contributed by atoms with E-state index in [9.17, 15) is 0 Å². The Labute approximate surface area is 95.2 Å². The van der Waals surface area contributed by atoms with Gasteiger partial charge in [0.25, 0.3) is 0 Å². The first kappa shape index (κ1) is 10.6. The molecule has 0 atom stereocenters. The van der Waals surface area contributed by atoms with Crippen LogP contribution in [0.1, 0.15) is 50.7 Å². The number of aromatic nitrogens is 1. The minimum Gasteiger partial charge on any atom is -0.255 e. The van der Waals surface area contributed by atoms with Crippen LogP contribution in [0.15, 0.2) is 17.6 Å². The number of rotatable bonds is 2. The number of thiophene rings is 1. The van der Waals surface area contributed by atoms with Gasteiger partial charge in [-0.1, -0.05) is 27.7 Å². The summed E-state index contributed by atoms with van der Waals surface area (Å²) in [6, 6.07) is 2.15. The van der Waals surface area contributed by atoms with Crippen LogP contribution in [0.2, 0.25) is 0 Å². The summed E-state index contributed by atoms with van der Waals surface area (Å²) >= 11 is 1.83. The number of pyridine rings is 1. The van der Waals surface area contributed by atoms with E-state index in [-0.39, 0.29) is 0 Å². The SMILES string of the molecule is CC(C)c1csc2c(C(C)C)ccnc12. The average Bonchev–Trinajstić information content (AvgIpc) is 2.59. The quantitative estimate of drug-likeness (QED) is 0.722. The molecule has 2 aromatic heterocycles. The van der Waals surface area contributed by atoms with Crippen molar-refractivity contribution < 1.29 is 0 Å². The van der Waals surface area contributed by atoms with Crippen LogP contribution >= 0.6 is 11.3 Å². The van der Waals surface area contributed by atoms with E-state index in [2.05, 4.69) is 44.1 Å². The van der Waals surface area contributed by atoms with Crippen molar-refractivity contribution in [1.82, 2.24) is 4.98 Å². The lowest BCUT2D eigenvalue weighted by atomic mass is 10.0. The summed E-state index contributed by atoms with van der Waals surface area (Å²) in [4.78, 5) is 4.52. The van der Waals surface area contributed by atoms with Crippen LogP contribution < -0.4 is 0 Å². The van der Waals surface area contributed by atoms with E-state index in [1.54, 1.807) is 0 Å². The van der Waals surface area contributed by atoms with Gasteiger partial charge in [0, 0.05) is 6.20 Å². The number of nitrogens with zero attached hydrogens (tertiary/aromatic N) is 1. The third-order valence-electron chi connectivity index (χ3n) is 2.76. The average molecular weight is 219 g/mol. The molecule has 0 radical (unpaired) electrons. The second-order valence-electron chi connectivity index (χ2n) is 4.58. The normalized spacial score (nSPS) is 11.9. The van der Waals surface area contributed by atoms with E-state index in [1.807, 2.05) is 17.5 Å². The Bertz CT molecular complexity index is 468. The van der Waals surface area contributed by atoms with Crippen molar-refractivity contribution in [3.63, 3.8) is 0 Å². The van der Waals surface area contributed by atoms with Gasteiger partial charge in [0.2, 0.25) is 0 Å². The molecule has 1 nitrogen and oxygen atoms in total. The van der Waals surface area contributed by atoms with Crippen LogP contribution in [0.3, 0.4) is 0 Å². The molecule has 0 saturated carbocycles. The van der Waals surface area contributed by atoms with Crippen molar-refractivity contribution in [2.45, 2.75) is 39.5 Å². The summed E-state index contributed by atoms with van der Waals surface area (Å²) in [7, 11) is 0. The van der Waals surface area contributed by atoms with Crippen LogP contribution in [0.25, 0.3) is 10.2 Å². The Balaban J connectivity index is 2.69. The second kappa shape index (κ2) is 3.93. The third-order valence-corrected chi connectivity index (χ3v) is 3.79. The molecule has 0 aliphatic rings. The Morgan fingerprint density at radius 3 is 2.33 bits per heavy atom. The number of fused-ring (bicyclic) bond motifs is 1. The molecule has 0 N–H and O–H groups in total. The molecule has 80 valence electrons. The zero-order chi connectivity index (χ0) is 11.0. The van der Waals surface area contributed by atoms with E-state index < -0.39 is 0 Å². The minimum atomic E-state index is 0.564. The summed E-state index contributed by atoms with van der Waals surface area (Å²) in [5, 5.41) is 2.26. The largest absolute Gasteiger partial charge is 0.255 e. The van der Waals surface area contributed by atoms with Gasteiger partial charge < -0.3 is 0 Å². The second-order valence-corrected chi connectivity index (χ2v) is 5.46. The van der Waals surface area contributed by atoms with Crippen molar-refractivity contribution >= 4 is 21.6 Å². The lowest BCUT2D eigenvalue weighted by molar-refractivity contribution is 0.868. The highest BCUT2D eigenvalue weighted by molar-refractivity contribution is 7.17. The minimum absolute atomic E-state index is 0.564. The zero-order valence-electron chi connectivity index (χ0n) is 9.74. The molecule has 0 aliphatic carbocycles. The molecule has 0 aliphatic heterocycles. The lowest BCUT2D eigenvalue weighted by Crippen LogP contribution is -1.91. The summed E-state index contributed by atoms with van der Waals surface area (Å²) < 4.78 is 1.37. The summed E-state index contributed by atoms with van der Waals surface area (Å²) in [6.07, 6.45) is 1.94. The first-order valence-electron chi connectivity index (χ1n) is 5.47. The van der Waals surface area contributed by atoms with E-state index in [4.69, 9.17) is 0 Å². The van der Waals surface area contributed by atoms with E-state index in [0.29, 0.717) is 11.8 Å². The Kier molecular flexibility index (Phi) is 2.79. The predicted molar refractivity (Wildman–Crippen MR) is 67.8 cm³/mol. The van der Waals surface area contributed by atoms with E-state index >= 15 is 0 Å². The highest BCUT2D eigenvalue weighted by Crippen LogP contribution is 2.34. The van der Waals surface area contributed by atoms with Crippen LogP contribution in [0.4, 0.5) is 0 Å². The summed E-state index contributed by atoms with van der Waals surface area (Å²) in [5.74, 6) is 1.14. The van der Waals surface area contributed by atoms with Crippen molar-refractivity contribution in [3.8, 4) is 0 Å².